The Morgan fingerprint density at radius 1 is 0.500 bits per heavy atom. The fourth-order valence-electron chi connectivity index (χ4n) is 5.35. The number of allylic oxidation sites excluding steroid dienone is 2. The summed E-state index contributed by atoms with van der Waals surface area (Å²) in [6.07, 6.45) is 11.1. The molecule has 278 valence electrons. The Kier molecular flexibility index (Phi) is 17.1. The summed E-state index contributed by atoms with van der Waals surface area (Å²) in [7, 11) is 0. The second-order valence-corrected chi connectivity index (χ2v) is 12.8. The summed E-state index contributed by atoms with van der Waals surface area (Å²) < 4.78 is 22.4. The van der Waals surface area contributed by atoms with Crippen molar-refractivity contribution in [1.82, 2.24) is 0 Å². The normalized spacial score (nSPS) is 11.3. The van der Waals surface area contributed by atoms with Gasteiger partial charge in [0.1, 0.15) is 23.0 Å². The fourth-order valence-corrected chi connectivity index (χ4v) is 5.35. The molecule has 0 radical (unpaired) electrons. The second-order valence-electron chi connectivity index (χ2n) is 12.8. The van der Waals surface area contributed by atoms with E-state index in [1.165, 1.54) is 0 Å². The van der Waals surface area contributed by atoms with Crippen LogP contribution in [0.5, 0.6) is 23.0 Å². The first-order valence-corrected chi connectivity index (χ1v) is 18.7. The van der Waals surface area contributed by atoms with E-state index in [-0.39, 0.29) is 24.8 Å². The number of hydrogen-bond donors (Lipinski definition) is 0. The molecule has 54 heavy (non-hydrogen) atoms. The van der Waals surface area contributed by atoms with Crippen molar-refractivity contribution in [3.05, 3.63) is 119 Å². The highest BCUT2D eigenvalue weighted by Crippen LogP contribution is 2.24. The van der Waals surface area contributed by atoms with Gasteiger partial charge in [-0.15, -0.1) is 0 Å². The number of carbonyl (C=O) groups is 2. The van der Waals surface area contributed by atoms with Crippen molar-refractivity contribution in [2.45, 2.75) is 78.1 Å². The molecule has 0 aliphatic carbocycles. The van der Waals surface area contributed by atoms with E-state index in [2.05, 4.69) is 26.0 Å². The van der Waals surface area contributed by atoms with Crippen LogP contribution in [0.1, 0.15) is 100 Å². The number of benzene rings is 4. The number of carbonyl (C=O) groups excluding carboxylic acids is 2. The van der Waals surface area contributed by atoms with Gasteiger partial charge >= 0.3 is 11.9 Å². The molecule has 0 atom stereocenters. The molecule has 0 N–H and O–H groups in total. The summed E-state index contributed by atoms with van der Waals surface area (Å²) in [6.45, 7) is 5.57. The van der Waals surface area contributed by atoms with Gasteiger partial charge in [0.15, 0.2) is 0 Å². The lowest BCUT2D eigenvalue weighted by Gasteiger charge is -2.07. The first-order chi connectivity index (χ1) is 26.4. The van der Waals surface area contributed by atoms with Crippen LogP contribution in [-0.4, -0.2) is 25.2 Å². The summed E-state index contributed by atoms with van der Waals surface area (Å²) in [5.41, 5.74) is 4.27. The van der Waals surface area contributed by atoms with Gasteiger partial charge in [0, 0.05) is 12.8 Å². The second kappa shape index (κ2) is 22.7. The van der Waals surface area contributed by atoms with Gasteiger partial charge in [-0.2, -0.15) is 10.5 Å². The SMILES string of the molecule is CCCCOc1ccc(/C(C#N)=C/c2ccc(OC(=O)CCCCCCC(=O)Oc3ccc(/C=C(/C#N)c4ccc(OCCCC)cc4)cc3)cc2)cc1. The average molecular weight is 725 g/mol. The maximum atomic E-state index is 12.4. The minimum Gasteiger partial charge on any atom is -0.494 e. The highest BCUT2D eigenvalue weighted by atomic mass is 16.5. The van der Waals surface area contributed by atoms with Gasteiger partial charge in [-0.05, 0) is 133 Å². The van der Waals surface area contributed by atoms with E-state index in [1.807, 2.05) is 72.8 Å². The molecule has 0 aliphatic rings. The molecule has 0 bridgehead atoms. The number of nitriles is 2. The molecule has 0 aliphatic heterocycles. The van der Waals surface area contributed by atoms with E-state index < -0.39 is 0 Å². The molecule has 0 aromatic heterocycles. The molecule has 0 heterocycles. The summed E-state index contributed by atoms with van der Waals surface area (Å²) in [5, 5.41) is 19.4. The average Bonchev–Trinajstić information content (AvgIpc) is 3.19. The smallest absolute Gasteiger partial charge is 0.311 e. The number of rotatable bonds is 21. The minimum absolute atomic E-state index is 0.274. The van der Waals surface area contributed by atoms with Crippen LogP contribution >= 0.6 is 0 Å². The van der Waals surface area contributed by atoms with Crippen LogP contribution in [0.15, 0.2) is 97.1 Å². The Morgan fingerprint density at radius 3 is 1.19 bits per heavy atom. The summed E-state index contributed by atoms with van der Waals surface area (Å²) in [4.78, 5) is 24.8. The van der Waals surface area contributed by atoms with E-state index in [9.17, 15) is 20.1 Å². The first-order valence-electron chi connectivity index (χ1n) is 18.7. The molecule has 4 aromatic rings. The molecule has 0 unspecified atom stereocenters. The zero-order valence-electron chi connectivity index (χ0n) is 31.2. The third-order valence-corrected chi connectivity index (χ3v) is 8.46. The van der Waals surface area contributed by atoms with Crippen LogP contribution in [0, 0.1) is 22.7 Å². The lowest BCUT2D eigenvalue weighted by Crippen LogP contribution is -2.08. The predicted octanol–water partition coefficient (Wildman–Crippen LogP) is 11.0. The predicted molar refractivity (Wildman–Crippen MR) is 213 cm³/mol. The van der Waals surface area contributed by atoms with Gasteiger partial charge in [-0.25, -0.2) is 0 Å². The molecule has 8 nitrogen and oxygen atoms in total. The Hall–Kier alpha value is -6.12. The van der Waals surface area contributed by atoms with Gasteiger partial charge in [-0.3, -0.25) is 9.59 Å². The van der Waals surface area contributed by atoms with Crippen LogP contribution in [0.25, 0.3) is 23.3 Å². The molecule has 0 saturated carbocycles. The summed E-state index contributed by atoms with van der Waals surface area (Å²) >= 11 is 0. The van der Waals surface area contributed by atoms with E-state index >= 15 is 0 Å². The Balaban J connectivity index is 1.12. The molecule has 0 spiro atoms. The largest absolute Gasteiger partial charge is 0.494 e. The zero-order chi connectivity index (χ0) is 38.4. The summed E-state index contributed by atoms with van der Waals surface area (Å²) in [5.74, 6) is 1.82. The molecule has 8 heteroatoms. The number of hydrogen-bond acceptors (Lipinski definition) is 8. The van der Waals surface area contributed by atoms with Crippen LogP contribution in [0.2, 0.25) is 0 Å². The lowest BCUT2D eigenvalue weighted by molar-refractivity contribution is -0.135. The van der Waals surface area contributed by atoms with Gasteiger partial charge in [0.25, 0.3) is 0 Å². The molecule has 0 amide bonds. The van der Waals surface area contributed by atoms with Crippen molar-refractivity contribution < 1.29 is 28.5 Å². The van der Waals surface area contributed by atoms with E-state index in [0.717, 1.165) is 72.3 Å². The third kappa shape index (κ3) is 14.1. The number of unbranched alkanes of at least 4 members (excludes halogenated alkanes) is 5. The number of esters is 2. The monoisotopic (exact) mass is 724 g/mol. The van der Waals surface area contributed by atoms with Crippen LogP contribution in [0.3, 0.4) is 0 Å². The van der Waals surface area contributed by atoms with Gasteiger partial charge < -0.3 is 18.9 Å². The van der Waals surface area contributed by atoms with E-state index in [4.69, 9.17) is 18.9 Å². The maximum Gasteiger partial charge on any atom is 0.311 e. The number of nitrogens with zero attached hydrogens (tertiary/aromatic N) is 2. The topological polar surface area (TPSA) is 119 Å². The Labute approximate surface area is 319 Å². The fraction of sp³-hybridized carbons (Fsp3) is 0.304. The van der Waals surface area contributed by atoms with Crippen molar-refractivity contribution in [3.63, 3.8) is 0 Å². The quantitative estimate of drug-likeness (QED) is 0.0274. The minimum atomic E-state index is -0.317. The van der Waals surface area contributed by atoms with E-state index in [0.29, 0.717) is 48.7 Å². The molecule has 4 rings (SSSR count). The van der Waals surface area contributed by atoms with Crippen LogP contribution in [-0.2, 0) is 9.59 Å². The van der Waals surface area contributed by atoms with Crippen LogP contribution < -0.4 is 18.9 Å². The first kappa shape index (κ1) is 40.6. The van der Waals surface area contributed by atoms with Crippen LogP contribution in [0.4, 0.5) is 0 Å². The lowest BCUT2D eigenvalue weighted by atomic mass is 10.0. The van der Waals surface area contributed by atoms with Crippen molar-refractivity contribution in [1.29, 1.82) is 10.5 Å². The van der Waals surface area contributed by atoms with Gasteiger partial charge in [-0.1, -0.05) is 63.8 Å². The molecular formula is C46H48N2O6. The Bertz CT molecular complexity index is 1770. The van der Waals surface area contributed by atoms with E-state index in [1.54, 1.807) is 36.4 Å². The van der Waals surface area contributed by atoms with Gasteiger partial charge in [0.2, 0.25) is 0 Å². The summed E-state index contributed by atoms with van der Waals surface area (Å²) in [6, 6.07) is 33.6. The third-order valence-electron chi connectivity index (χ3n) is 8.46. The van der Waals surface area contributed by atoms with Crippen molar-refractivity contribution in [2.75, 3.05) is 13.2 Å². The van der Waals surface area contributed by atoms with Gasteiger partial charge in [0.05, 0.1) is 36.5 Å². The molecular weight excluding hydrogens is 677 g/mol. The molecule has 0 fully saturated rings. The standard InChI is InChI=1S/C46H48N2O6/c1-3-5-29-51-41-25-17-37(18-26-41)39(33-47)31-35-13-21-43(22-14-35)53-45(49)11-9-7-8-10-12-46(50)54-44-23-15-36(16-24-44)32-40(34-48)38-19-27-42(28-20-38)52-30-6-4-2/h13-28,31-32H,3-12,29-30H2,1-2H3/b39-31-,40-32+. The maximum absolute atomic E-state index is 12.4. The zero-order valence-corrected chi connectivity index (χ0v) is 31.2. The Morgan fingerprint density at radius 2 is 0.852 bits per heavy atom. The highest BCUT2D eigenvalue weighted by Gasteiger charge is 2.09. The molecule has 4 aromatic carbocycles. The highest BCUT2D eigenvalue weighted by molar-refractivity contribution is 5.90. The van der Waals surface area contributed by atoms with Crippen molar-refractivity contribution in [2.24, 2.45) is 0 Å². The van der Waals surface area contributed by atoms with Crippen molar-refractivity contribution >= 4 is 35.2 Å². The number of ether oxygens (including phenoxy) is 4. The van der Waals surface area contributed by atoms with Crippen molar-refractivity contribution in [3.8, 4) is 35.1 Å². The molecule has 0 saturated heterocycles.